The van der Waals surface area contributed by atoms with E-state index >= 15 is 0 Å². The third-order valence-corrected chi connectivity index (χ3v) is 3.11. The molecule has 2 rings (SSSR count). The highest BCUT2D eigenvalue weighted by Crippen LogP contribution is 2.26. The number of anilines is 1. The molecule has 0 bridgehead atoms. The first kappa shape index (κ1) is 11.7. The fraction of sp³-hybridized carbons (Fsp3) is 0.500. The van der Waals surface area contributed by atoms with Crippen LogP contribution >= 0.6 is 0 Å². The van der Waals surface area contributed by atoms with Crippen molar-refractivity contribution in [1.29, 1.82) is 0 Å². The van der Waals surface area contributed by atoms with E-state index in [-0.39, 0.29) is 11.5 Å². The van der Waals surface area contributed by atoms with E-state index in [1.807, 2.05) is 6.20 Å². The van der Waals surface area contributed by atoms with Crippen molar-refractivity contribution in [2.24, 2.45) is 0 Å². The molecular weight excluding hydrogens is 216 g/mol. The third-order valence-electron chi connectivity index (χ3n) is 3.11. The number of fused-ring (bicyclic) bond motifs is 1. The quantitative estimate of drug-likeness (QED) is 0.757. The lowest BCUT2D eigenvalue weighted by Crippen LogP contribution is -2.12. The van der Waals surface area contributed by atoms with Crippen LogP contribution in [0.1, 0.15) is 44.6 Å². The van der Waals surface area contributed by atoms with Gasteiger partial charge in [0.05, 0.1) is 5.39 Å². The number of hydrogen-bond donors (Lipinski definition) is 3. The van der Waals surface area contributed by atoms with Crippen molar-refractivity contribution in [1.82, 2.24) is 15.0 Å². The molecule has 2 heterocycles. The normalized spacial score (nSPS) is 13.1. The number of H-pyrrole nitrogens is 2. The topological polar surface area (TPSA) is 87.6 Å². The Labute approximate surface area is 99.5 Å². The molecule has 0 spiro atoms. The van der Waals surface area contributed by atoms with Crippen LogP contribution in [0.2, 0.25) is 0 Å². The first-order valence-corrected chi connectivity index (χ1v) is 6.00. The summed E-state index contributed by atoms with van der Waals surface area (Å²) in [5.41, 5.74) is 6.95. The van der Waals surface area contributed by atoms with Gasteiger partial charge in [-0.25, -0.2) is 0 Å². The van der Waals surface area contributed by atoms with Gasteiger partial charge in [0.15, 0.2) is 0 Å². The smallest absolute Gasteiger partial charge is 0.262 e. The maximum absolute atomic E-state index is 11.9. The summed E-state index contributed by atoms with van der Waals surface area (Å²) < 4.78 is 0. The monoisotopic (exact) mass is 234 g/mol. The minimum atomic E-state index is -0.160. The van der Waals surface area contributed by atoms with Crippen LogP contribution < -0.4 is 11.3 Å². The maximum Gasteiger partial charge on any atom is 0.262 e. The van der Waals surface area contributed by atoms with Gasteiger partial charge in [0.1, 0.15) is 5.65 Å². The van der Waals surface area contributed by atoms with Crippen LogP contribution in [0.25, 0.3) is 11.0 Å². The van der Waals surface area contributed by atoms with Crippen LogP contribution in [0.4, 0.5) is 5.95 Å². The molecule has 5 nitrogen and oxygen atoms in total. The number of nitrogens with one attached hydrogen (secondary N) is 2. The molecule has 5 heteroatoms. The number of unbranched alkanes of at least 4 members (excludes halogenated alkanes) is 1. The number of nitrogens with zero attached hydrogens (tertiary/aromatic N) is 1. The Kier molecular flexibility index (Phi) is 3.17. The maximum atomic E-state index is 11.9. The van der Waals surface area contributed by atoms with Crippen LogP contribution in [0.5, 0.6) is 0 Å². The summed E-state index contributed by atoms with van der Waals surface area (Å²) in [6.45, 7) is 4.30. The average Bonchev–Trinajstić information content (AvgIpc) is 2.69. The molecule has 1 atom stereocenters. The third kappa shape index (κ3) is 2.18. The van der Waals surface area contributed by atoms with Crippen LogP contribution in [0.3, 0.4) is 0 Å². The fourth-order valence-corrected chi connectivity index (χ4v) is 2.14. The highest BCUT2D eigenvalue weighted by atomic mass is 16.1. The lowest BCUT2D eigenvalue weighted by Gasteiger charge is -2.08. The Bertz CT molecular complexity index is 569. The summed E-state index contributed by atoms with van der Waals surface area (Å²) in [6.07, 6.45) is 5.27. The molecule has 0 aliphatic rings. The van der Waals surface area contributed by atoms with Crippen molar-refractivity contribution in [2.45, 2.75) is 39.0 Å². The SMILES string of the molecule is CCCCC(C)c1c[nH]c2nc(N)[nH]c(=O)c12. The van der Waals surface area contributed by atoms with E-state index in [4.69, 9.17) is 5.73 Å². The number of aromatic amines is 2. The summed E-state index contributed by atoms with van der Waals surface area (Å²) in [5, 5.41) is 0.641. The van der Waals surface area contributed by atoms with Crippen molar-refractivity contribution < 1.29 is 0 Å². The first-order valence-electron chi connectivity index (χ1n) is 6.00. The van der Waals surface area contributed by atoms with E-state index in [1.165, 1.54) is 0 Å². The van der Waals surface area contributed by atoms with Crippen LogP contribution in [0, 0.1) is 0 Å². The summed E-state index contributed by atoms with van der Waals surface area (Å²) >= 11 is 0. The van der Waals surface area contributed by atoms with Crippen molar-refractivity contribution in [2.75, 3.05) is 5.73 Å². The molecule has 0 amide bonds. The molecule has 0 radical (unpaired) electrons. The van der Waals surface area contributed by atoms with Gasteiger partial charge in [0.2, 0.25) is 5.95 Å². The van der Waals surface area contributed by atoms with Gasteiger partial charge >= 0.3 is 0 Å². The largest absolute Gasteiger partial charge is 0.369 e. The van der Waals surface area contributed by atoms with E-state index in [2.05, 4.69) is 28.8 Å². The zero-order valence-electron chi connectivity index (χ0n) is 10.2. The number of nitrogens with two attached hydrogens (primary N) is 1. The minimum Gasteiger partial charge on any atom is -0.369 e. The molecule has 4 N–H and O–H groups in total. The summed E-state index contributed by atoms with van der Waals surface area (Å²) in [7, 11) is 0. The van der Waals surface area contributed by atoms with Crippen molar-refractivity contribution in [3.05, 3.63) is 22.1 Å². The van der Waals surface area contributed by atoms with Gasteiger partial charge in [-0.1, -0.05) is 26.7 Å². The Morgan fingerprint density at radius 1 is 1.53 bits per heavy atom. The van der Waals surface area contributed by atoms with E-state index in [9.17, 15) is 4.79 Å². The predicted molar refractivity (Wildman–Crippen MR) is 69.1 cm³/mol. The summed E-state index contributed by atoms with van der Waals surface area (Å²) in [6, 6.07) is 0. The van der Waals surface area contributed by atoms with Crippen LogP contribution in [-0.4, -0.2) is 15.0 Å². The van der Waals surface area contributed by atoms with Gasteiger partial charge in [-0.2, -0.15) is 4.98 Å². The second kappa shape index (κ2) is 4.61. The molecule has 0 aliphatic heterocycles. The zero-order chi connectivity index (χ0) is 12.4. The Morgan fingerprint density at radius 3 is 3.00 bits per heavy atom. The molecule has 92 valence electrons. The van der Waals surface area contributed by atoms with Gasteiger partial charge in [0, 0.05) is 6.20 Å². The molecular formula is C12H18N4O. The van der Waals surface area contributed by atoms with Crippen molar-refractivity contribution >= 4 is 17.0 Å². The molecule has 0 saturated heterocycles. The van der Waals surface area contributed by atoms with Crippen molar-refractivity contribution in [3.8, 4) is 0 Å². The van der Waals surface area contributed by atoms with E-state index in [0.29, 0.717) is 17.0 Å². The molecule has 0 aliphatic carbocycles. The minimum absolute atomic E-state index is 0.150. The van der Waals surface area contributed by atoms with Gasteiger partial charge < -0.3 is 10.7 Å². The number of rotatable bonds is 4. The Hall–Kier alpha value is -1.78. The van der Waals surface area contributed by atoms with Gasteiger partial charge in [-0.05, 0) is 17.9 Å². The summed E-state index contributed by atoms with van der Waals surface area (Å²) in [5.74, 6) is 0.507. The number of hydrogen-bond acceptors (Lipinski definition) is 3. The van der Waals surface area contributed by atoms with E-state index < -0.39 is 0 Å². The fourth-order valence-electron chi connectivity index (χ4n) is 2.14. The van der Waals surface area contributed by atoms with Crippen molar-refractivity contribution in [3.63, 3.8) is 0 Å². The van der Waals surface area contributed by atoms with E-state index in [0.717, 1.165) is 24.8 Å². The number of nitrogen functional groups attached to an aromatic ring is 1. The van der Waals surface area contributed by atoms with E-state index in [1.54, 1.807) is 0 Å². The van der Waals surface area contributed by atoms with Crippen LogP contribution in [0.15, 0.2) is 11.0 Å². The van der Waals surface area contributed by atoms with Crippen LogP contribution in [-0.2, 0) is 0 Å². The average molecular weight is 234 g/mol. The molecule has 0 fully saturated rings. The molecule has 2 aromatic rings. The highest BCUT2D eigenvalue weighted by Gasteiger charge is 2.14. The molecule has 1 unspecified atom stereocenters. The van der Waals surface area contributed by atoms with Gasteiger partial charge in [0.25, 0.3) is 5.56 Å². The van der Waals surface area contributed by atoms with Gasteiger partial charge in [-0.15, -0.1) is 0 Å². The molecule has 0 saturated carbocycles. The zero-order valence-corrected chi connectivity index (χ0v) is 10.2. The molecule has 2 aromatic heterocycles. The number of aromatic nitrogens is 3. The molecule has 17 heavy (non-hydrogen) atoms. The lowest BCUT2D eigenvalue weighted by atomic mass is 9.96. The second-order valence-electron chi connectivity index (χ2n) is 4.46. The summed E-state index contributed by atoms with van der Waals surface area (Å²) in [4.78, 5) is 21.5. The second-order valence-corrected chi connectivity index (χ2v) is 4.46. The standard InChI is InChI=1S/C12H18N4O/c1-3-4-5-7(2)8-6-14-10-9(8)11(17)16-12(13)15-10/h6-7H,3-5H2,1-2H3,(H4,13,14,15,16,17). The molecule has 0 aromatic carbocycles. The first-order chi connectivity index (χ1) is 8.13. The predicted octanol–water partition coefficient (Wildman–Crippen LogP) is 2.13. The Balaban J connectivity index is 2.45. The lowest BCUT2D eigenvalue weighted by molar-refractivity contribution is 0.627. The van der Waals surface area contributed by atoms with Gasteiger partial charge in [-0.3, -0.25) is 9.78 Å². The Morgan fingerprint density at radius 2 is 2.29 bits per heavy atom. The highest BCUT2D eigenvalue weighted by molar-refractivity contribution is 5.80.